The van der Waals surface area contributed by atoms with Gasteiger partial charge in [-0.1, -0.05) is 6.07 Å². The molecule has 4 heteroatoms. The Kier molecular flexibility index (Phi) is 4.82. The number of benzene rings is 1. The van der Waals surface area contributed by atoms with Crippen LogP contribution in [-0.2, 0) is 0 Å². The Morgan fingerprint density at radius 3 is 3.00 bits per heavy atom. The number of rotatable bonds is 5. The summed E-state index contributed by atoms with van der Waals surface area (Å²) in [6.45, 7) is 1.52. The first-order chi connectivity index (χ1) is 6.33. The Morgan fingerprint density at radius 1 is 1.46 bits per heavy atom. The van der Waals surface area contributed by atoms with Gasteiger partial charge in [0.15, 0.2) is 0 Å². The molecule has 0 unspecified atom stereocenters. The van der Waals surface area contributed by atoms with E-state index < -0.39 is 0 Å². The molecule has 0 saturated carbocycles. The van der Waals surface area contributed by atoms with Gasteiger partial charge < -0.3 is 5.73 Å². The first-order valence-corrected chi connectivity index (χ1v) is 5.00. The summed E-state index contributed by atoms with van der Waals surface area (Å²) in [6.07, 6.45) is 0.933. The van der Waals surface area contributed by atoms with E-state index in [2.05, 4.69) is 4.72 Å². The predicted molar refractivity (Wildman–Crippen MR) is 53.9 cm³/mol. The highest BCUT2D eigenvalue weighted by Crippen LogP contribution is 2.14. The maximum Gasteiger partial charge on any atom is 0.124 e. The monoisotopic (exact) mass is 200 g/mol. The van der Waals surface area contributed by atoms with Crippen molar-refractivity contribution in [1.29, 1.82) is 0 Å². The molecular formula is C9H13FN2S. The third-order valence-electron chi connectivity index (χ3n) is 1.47. The van der Waals surface area contributed by atoms with Gasteiger partial charge in [-0.25, -0.2) is 4.39 Å². The van der Waals surface area contributed by atoms with Crippen LogP contribution in [0.2, 0.25) is 0 Å². The molecule has 1 aromatic carbocycles. The first kappa shape index (κ1) is 10.5. The largest absolute Gasteiger partial charge is 0.330 e. The highest BCUT2D eigenvalue weighted by molar-refractivity contribution is 7.97. The van der Waals surface area contributed by atoms with E-state index in [1.54, 1.807) is 6.07 Å². The maximum atomic E-state index is 12.7. The maximum absolute atomic E-state index is 12.7. The molecule has 0 aliphatic heterocycles. The van der Waals surface area contributed by atoms with Crippen molar-refractivity contribution in [3.63, 3.8) is 0 Å². The Bertz CT molecular complexity index is 255. The normalized spacial score (nSPS) is 10.3. The lowest BCUT2D eigenvalue weighted by Crippen LogP contribution is -2.10. The van der Waals surface area contributed by atoms with Crippen LogP contribution in [0, 0.1) is 5.82 Å². The minimum absolute atomic E-state index is 0.203. The van der Waals surface area contributed by atoms with Crippen molar-refractivity contribution in [2.24, 2.45) is 5.73 Å². The Balaban J connectivity index is 2.28. The third-order valence-corrected chi connectivity index (χ3v) is 2.31. The van der Waals surface area contributed by atoms with E-state index in [4.69, 9.17) is 5.73 Å². The van der Waals surface area contributed by atoms with E-state index in [-0.39, 0.29) is 5.82 Å². The lowest BCUT2D eigenvalue weighted by Gasteiger charge is -2.02. The van der Waals surface area contributed by atoms with Crippen LogP contribution in [-0.4, -0.2) is 13.1 Å². The van der Waals surface area contributed by atoms with Crippen LogP contribution in [0.1, 0.15) is 6.42 Å². The predicted octanol–water partition coefficient (Wildman–Crippen LogP) is 1.77. The van der Waals surface area contributed by atoms with E-state index in [1.807, 2.05) is 6.07 Å². The molecule has 0 heterocycles. The fourth-order valence-electron chi connectivity index (χ4n) is 0.839. The molecule has 0 aliphatic rings. The van der Waals surface area contributed by atoms with Gasteiger partial charge in [-0.3, -0.25) is 4.72 Å². The molecule has 0 fully saturated rings. The minimum Gasteiger partial charge on any atom is -0.330 e. The smallest absolute Gasteiger partial charge is 0.124 e. The van der Waals surface area contributed by atoms with Crippen LogP contribution in [0.4, 0.5) is 4.39 Å². The van der Waals surface area contributed by atoms with Gasteiger partial charge in [0, 0.05) is 11.4 Å². The van der Waals surface area contributed by atoms with Crippen LogP contribution in [0.5, 0.6) is 0 Å². The molecule has 0 aromatic heterocycles. The molecule has 3 N–H and O–H groups in total. The highest BCUT2D eigenvalue weighted by atomic mass is 32.2. The van der Waals surface area contributed by atoms with Crippen LogP contribution >= 0.6 is 11.9 Å². The van der Waals surface area contributed by atoms with Crippen molar-refractivity contribution in [2.45, 2.75) is 11.3 Å². The molecular weight excluding hydrogens is 187 g/mol. The van der Waals surface area contributed by atoms with Crippen molar-refractivity contribution in [3.05, 3.63) is 30.1 Å². The van der Waals surface area contributed by atoms with E-state index in [0.717, 1.165) is 17.9 Å². The average molecular weight is 200 g/mol. The van der Waals surface area contributed by atoms with Crippen LogP contribution in [0.15, 0.2) is 29.2 Å². The number of nitrogens with two attached hydrogens (primary N) is 1. The lowest BCUT2D eigenvalue weighted by atomic mass is 10.4. The first-order valence-electron chi connectivity index (χ1n) is 4.18. The SMILES string of the molecule is NCCCNSc1cccc(F)c1. The molecule has 0 radical (unpaired) electrons. The van der Waals surface area contributed by atoms with Gasteiger partial charge in [0.2, 0.25) is 0 Å². The van der Waals surface area contributed by atoms with Gasteiger partial charge in [0.1, 0.15) is 5.82 Å². The summed E-state index contributed by atoms with van der Waals surface area (Å²) in [6, 6.07) is 6.50. The summed E-state index contributed by atoms with van der Waals surface area (Å²) in [5.41, 5.74) is 5.32. The number of nitrogens with one attached hydrogen (secondary N) is 1. The van der Waals surface area contributed by atoms with Gasteiger partial charge in [-0.2, -0.15) is 0 Å². The van der Waals surface area contributed by atoms with Crippen LogP contribution < -0.4 is 10.5 Å². The third kappa shape index (κ3) is 4.26. The van der Waals surface area contributed by atoms with Crippen molar-refractivity contribution in [3.8, 4) is 0 Å². The second kappa shape index (κ2) is 5.96. The summed E-state index contributed by atoms with van der Waals surface area (Å²) in [5, 5.41) is 0. The second-order valence-corrected chi connectivity index (χ2v) is 3.56. The van der Waals surface area contributed by atoms with Gasteiger partial charge in [-0.05, 0) is 43.1 Å². The van der Waals surface area contributed by atoms with E-state index in [9.17, 15) is 4.39 Å². The molecule has 0 saturated heterocycles. The topological polar surface area (TPSA) is 38.0 Å². The van der Waals surface area contributed by atoms with Crippen molar-refractivity contribution in [2.75, 3.05) is 13.1 Å². The summed E-state index contributed by atoms with van der Waals surface area (Å²) < 4.78 is 15.8. The summed E-state index contributed by atoms with van der Waals surface area (Å²) in [7, 11) is 0. The number of hydrogen-bond acceptors (Lipinski definition) is 3. The molecule has 72 valence electrons. The molecule has 0 bridgehead atoms. The van der Waals surface area contributed by atoms with Crippen molar-refractivity contribution >= 4 is 11.9 Å². The molecule has 2 nitrogen and oxygen atoms in total. The van der Waals surface area contributed by atoms with Crippen LogP contribution in [0.3, 0.4) is 0 Å². The molecule has 13 heavy (non-hydrogen) atoms. The van der Waals surface area contributed by atoms with Gasteiger partial charge in [0.25, 0.3) is 0 Å². The summed E-state index contributed by atoms with van der Waals surface area (Å²) >= 11 is 1.43. The van der Waals surface area contributed by atoms with Crippen molar-refractivity contribution in [1.82, 2.24) is 4.72 Å². The molecule has 0 atom stereocenters. The standard InChI is InChI=1S/C9H13FN2S/c10-8-3-1-4-9(7-8)13-12-6-2-5-11/h1,3-4,7,12H,2,5-6,11H2. The van der Waals surface area contributed by atoms with Crippen molar-refractivity contribution < 1.29 is 4.39 Å². The molecule has 1 aromatic rings. The molecule has 0 amide bonds. The van der Waals surface area contributed by atoms with E-state index >= 15 is 0 Å². The summed E-state index contributed by atoms with van der Waals surface area (Å²) in [4.78, 5) is 0.886. The Morgan fingerprint density at radius 2 is 2.31 bits per heavy atom. The summed E-state index contributed by atoms with van der Waals surface area (Å²) in [5.74, 6) is -0.203. The van der Waals surface area contributed by atoms with Gasteiger partial charge in [0.05, 0.1) is 0 Å². The van der Waals surface area contributed by atoms with Gasteiger partial charge >= 0.3 is 0 Å². The molecule has 0 spiro atoms. The quantitative estimate of drug-likeness (QED) is 0.562. The average Bonchev–Trinajstić information content (AvgIpc) is 2.13. The zero-order chi connectivity index (χ0) is 9.52. The number of hydrogen-bond donors (Lipinski definition) is 2. The van der Waals surface area contributed by atoms with E-state index in [0.29, 0.717) is 6.54 Å². The zero-order valence-electron chi connectivity index (χ0n) is 7.29. The lowest BCUT2D eigenvalue weighted by molar-refractivity contribution is 0.624. The van der Waals surface area contributed by atoms with E-state index in [1.165, 1.54) is 24.1 Å². The Labute approximate surface area is 81.8 Å². The second-order valence-electron chi connectivity index (χ2n) is 2.60. The van der Waals surface area contributed by atoms with Crippen LogP contribution in [0.25, 0.3) is 0 Å². The number of halogens is 1. The highest BCUT2D eigenvalue weighted by Gasteiger charge is 1.94. The fourth-order valence-corrected chi connectivity index (χ4v) is 1.57. The minimum atomic E-state index is -0.203. The van der Waals surface area contributed by atoms with Gasteiger partial charge in [-0.15, -0.1) is 0 Å². The molecule has 0 aliphatic carbocycles. The Hall–Kier alpha value is -0.580. The zero-order valence-corrected chi connectivity index (χ0v) is 8.11. The fraction of sp³-hybridized carbons (Fsp3) is 0.333. The molecule has 1 rings (SSSR count).